The highest BCUT2D eigenvalue weighted by molar-refractivity contribution is 5.79. The second kappa shape index (κ2) is 4.55. The molecule has 0 aromatic carbocycles. The Kier molecular flexibility index (Phi) is 3.63. The maximum Gasteiger partial charge on any atom is 0.320 e. The second-order valence-corrected chi connectivity index (χ2v) is 3.96. The van der Waals surface area contributed by atoms with E-state index in [1.807, 2.05) is 4.90 Å². The smallest absolute Gasteiger partial charge is 0.320 e. The largest absolute Gasteiger partial charge is 0.480 e. The maximum atomic E-state index is 11.2. The Hall–Kier alpha value is -0.900. The van der Waals surface area contributed by atoms with Crippen LogP contribution in [-0.2, 0) is 9.59 Å². The number of piperidine rings is 1. The van der Waals surface area contributed by atoms with Gasteiger partial charge < -0.3 is 5.11 Å². The number of ketones is 1. The number of carbonyl (C=O) groups excluding carboxylic acids is 1. The minimum atomic E-state index is -0.811. The SMILES string of the molecule is CC(=O)C1CCCN(C(C)C(=O)O)C1. The highest BCUT2D eigenvalue weighted by Gasteiger charge is 2.28. The van der Waals surface area contributed by atoms with Crippen LogP contribution < -0.4 is 0 Å². The summed E-state index contributed by atoms with van der Waals surface area (Å²) in [6.45, 7) is 4.64. The van der Waals surface area contributed by atoms with Crippen LogP contribution in [0.1, 0.15) is 26.7 Å². The summed E-state index contributed by atoms with van der Waals surface area (Å²) in [5, 5.41) is 8.83. The first kappa shape index (κ1) is 11.2. The zero-order chi connectivity index (χ0) is 10.7. The number of carbonyl (C=O) groups is 2. The van der Waals surface area contributed by atoms with E-state index in [1.165, 1.54) is 0 Å². The number of likely N-dealkylation sites (tertiary alicyclic amines) is 1. The fourth-order valence-corrected chi connectivity index (χ4v) is 1.85. The lowest BCUT2D eigenvalue weighted by atomic mass is 9.94. The fraction of sp³-hybridized carbons (Fsp3) is 0.800. The van der Waals surface area contributed by atoms with Crippen LogP contribution in [-0.4, -0.2) is 40.9 Å². The quantitative estimate of drug-likeness (QED) is 0.729. The van der Waals surface area contributed by atoms with Crippen LogP contribution in [0.2, 0.25) is 0 Å². The predicted octanol–water partition coefficient (Wildman–Crippen LogP) is 0.760. The summed E-state index contributed by atoms with van der Waals surface area (Å²) >= 11 is 0. The minimum absolute atomic E-state index is 0.0329. The highest BCUT2D eigenvalue weighted by atomic mass is 16.4. The van der Waals surface area contributed by atoms with E-state index in [9.17, 15) is 9.59 Å². The minimum Gasteiger partial charge on any atom is -0.480 e. The average Bonchev–Trinajstić information content (AvgIpc) is 2.16. The first-order valence-corrected chi connectivity index (χ1v) is 4.99. The molecule has 0 bridgehead atoms. The van der Waals surface area contributed by atoms with Crippen LogP contribution >= 0.6 is 0 Å². The Bertz CT molecular complexity index is 228. The Morgan fingerprint density at radius 2 is 2.14 bits per heavy atom. The van der Waals surface area contributed by atoms with Crippen LogP contribution in [0.5, 0.6) is 0 Å². The van der Waals surface area contributed by atoms with E-state index in [-0.39, 0.29) is 11.7 Å². The molecule has 0 radical (unpaired) electrons. The van der Waals surface area contributed by atoms with Gasteiger partial charge in [-0.15, -0.1) is 0 Å². The second-order valence-electron chi connectivity index (χ2n) is 3.96. The molecule has 4 heteroatoms. The Morgan fingerprint density at radius 1 is 1.50 bits per heavy atom. The molecule has 1 fully saturated rings. The van der Waals surface area contributed by atoms with Gasteiger partial charge in [-0.1, -0.05) is 0 Å². The number of Topliss-reactive ketones (excluding diaryl/α,β-unsaturated/α-hetero) is 1. The van der Waals surface area contributed by atoms with Gasteiger partial charge in [-0.05, 0) is 33.2 Å². The van der Waals surface area contributed by atoms with Crippen molar-refractivity contribution < 1.29 is 14.7 Å². The lowest BCUT2D eigenvalue weighted by Crippen LogP contribution is -2.46. The third kappa shape index (κ3) is 2.54. The summed E-state index contributed by atoms with van der Waals surface area (Å²) in [5.41, 5.74) is 0. The van der Waals surface area contributed by atoms with Crippen LogP contribution in [0.3, 0.4) is 0 Å². The van der Waals surface area contributed by atoms with Crippen LogP contribution in [0.4, 0.5) is 0 Å². The van der Waals surface area contributed by atoms with E-state index >= 15 is 0 Å². The number of hydrogen-bond donors (Lipinski definition) is 1. The molecule has 1 saturated heterocycles. The third-order valence-corrected chi connectivity index (χ3v) is 2.93. The van der Waals surface area contributed by atoms with E-state index < -0.39 is 12.0 Å². The monoisotopic (exact) mass is 199 g/mol. The first-order chi connectivity index (χ1) is 6.52. The summed E-state index contributed by atoms with van der Waals surface area (Å²) in [7, 11) is 0. The lowest BCUT2D eigenvalue weighted by molar-refractivity contribution is -0.144. The molecule has 80 valence electrons. The molecular weight excluding hydrogens is 182 g/mol. The zero-order valence-electron chi connectivity index (χ0n) is 8.69. The average molecular weight is 199 g/mol. The van der Waals surface area contributed by atoms with Gasteiger partial charge in [-0.25, -0.2) is 0 Å². The van der Waals surface area contributed by atoms with Gasteiger partial charge in [0.2, 0.25) is 0 Å². The molecule has 1 heterocycles. The number of aliphatic carboxylic acids is 1. The Morgan fingerprint density at radius 3 is 2.64 bits per heavy atom. The maximum absolute atomic E-state index is 11.2. The van der Waals surface area contributed by atoms with Gasteiger partial charge in [0, 0.05) is 12.5 Å². The summed E-state index contributed by atoms with van der Waals surface area (Å²) in [4.78, 5) is 23.8. The van der Waals surface area contributed by atoms with Gasteiger partial charge in [0.15, 0.2) is 0 Å². The number of nitrogens with zero attached hydrogens (tertiary/aromatic N) is 1. The molecule has 0 spiro atoms. The van der Waals surface area contributed by atoms with Crippen molar-refractivity contribution in [2.75, 3.05) is 13.1 Å². The van der Waals surface area contributed by atoms with Gasteiger partial charge in [-0.3, -0.25) is 14.5 Å². The number of hydrogen-bond acceptors (Lipinski definition) is 3. The topological polar surface area (TPSA) is 57.6 Å². The fourth-order valence-electron chi connectivity index (χ4n) is 1.85. The standard InChI is InChI=1S/C10H17NO3/c1-7(10(13)14)11-5-3-4-9(6-11)8(2)12/h7,9H,3-6H2,1-2H3,(H,13,14). The van der Waals surface area contributed by atoms with E-state index in [4.69, 9.17) is 5.11 Å². The number of carboxylic acid groups (broad SMARTS) is 1. The molecule has 0 saturated carbocycles. The van der Waals surface area contributed by atoms with E-state index in [0.29, 0.717) is 6.54 Å². The predicted molar refractivity (Wildman–Crippen MR) is 52.1 cm³/mol. The van der Waals surface area contributed by atoms with Crippen molar-refractivity contribution in [1.29, 1.82) is 0 Å². The van der Waals surface area contributed by atoms with Crippen molar-refractivity contribution in [3.63, 3.8) is 0 Å². The molecule has 1 N–H and O–H groups in total. The van der Waals surface area contributed by atoms with Gasteiger partial charge in [0.05, 0.1) is 0 Å². The molecule has 1 aliphatic heterocycles. The van der Waals surface area contributed by atoms with Crippen molar-refractivity contribution in [2.24, 2.45) is 5.92 Å². The molecular formula is C10H17NO3. The van der Waals surface area contributed by atoms with Crippen molar-refractivity contribution in [3.8, 4) is 0 Å². The molecule has 1 rings (SSSR count). The van der Waals surface area contributed by atoms with Crippen LogP contribution in [0.15, 0.2) is 0 Å². The van der Waals surface area contributed by atoms with Crippen molar-refractivity contribution in [3.05, 3.63) is 0 Å². The Labute approximate surface area is 83.9 Å². The molecule has 2 unspecified atom stereocenters. The van der Waals surface area contributed by atoms with Gasteiger partial charge in [0.1, 0.15) is 11.8 Å². The van der Waals surface area contributed by atoms with Crippen LogP contribution in [0, 0.1) is 5.92 Å². The van der Waals surface area contributed by atoms with Gasteiger partial charge in [-0.2, -0.15) is 0 Å². The first-order valence-electron chi connectivity index (χ1n) is 4.99. The summed E-state index contributed by atoms with van der Waals surface area (Å²) in [6.07, 6.45) is 1.82. The molecule has 0 aliphatic carbocycles. The molecule has 1 aliphatic rings. The van der Waals surface area contributed by atoms with Crippen molar-refractivity contribution in [2.45, 2.75) is 32.7 Å². The van der Waals surface area contributed by atoms with E-state index in [0.717, 1.165) is 19.4 Å². The Balaban J connectivity index is 2.55. The zero-order valence-corrected chi connectivity index (χ0v) is 8.69. The molecule has 0 amide bonds. The number of carboxylic acids is 1. The third-order valence-electron chi connectivity index (χ3n) is 2.93. The summed E-state index contributed by atoms with van der Waals surface area (Å²) in [6, 6.07) is -0.475. The molecule has 4 nitrogen and oxygen atoms in total. The van der Waals surface area contributed by atoms with Gasteiger partial charge in [0.25, 0.3) is 0 Å². The molecule has 0 aromatic rings. The van der Waals surface area contributed by atoms with Crippen LogP contribution in [0.25, 0.3) is 0 Å². The summed E-state index contributed by atoms with van der Waals surface area (Å²) < 4.78 is 0. The summed E-state index contributed by atoms with van der Waals surface area (Å²) in [5.74, 6) is -0.605. The highest BCUT2D eigenvalue weighted by Crippen LogP contribution is 2.19. The van der Waals surface area contributed by atoms with E-state index in [1.54, 1.807) is 13.8 Å². The number of rotatable bonds is 3. The van der Waals surface area contributed by atoms with E-state index in [2.05, 4.69) is 0 Å². The molecule has 14 heavy (non-hydrogen) atoms. The molecule has 0 aromatic heterocycles. The normalized spacial score (nSPS) is 25.7. The van der Waals surface area contributed by atoms with Crippen molar-refractivity contribution >= 4 is 11.8 Å². The lowest BCUT2D eigenvalue weighted by Gasteiger charge is -2.33. The van der Waals surface area contributed by atoms with Crippen molar-refractivity contribution in [1.82, 2.24) is 4.90 Å². The molecule has 2 atom stereocenters. The van der Waals surface area contributed by atoms with Gasteiger partial charge >= 0.3 is 5.97 Å².